The first-order chi connectivity index (χ1) is 4.18. The summed E-state index contributed by atoms with van der Waals surface area (Å²) in [5.41, 5.74) is 0. The first kappa shape index (κ1) is 11.8. The van der Waals surface area contributed by atoms with Crippen molar-refractivity contribution in [1.29, 1.82) is 0 Å². The Morgan fingerprint density at radius 2 is 1.33 bits per heavy atom. The van der Waals surface area contributed by atoms with Crippen LogP contribution in [0.25, 0.3) is 0 Å². The summed E-state index contributed by atoms with van der Waals surface area (Å²) < 4.78 is 0. The average Bonchev–Trinajstić information content (AvgIpc) is 1.91. The SMILES string of the molecule is CC.CC[C@H](C)C(C)C. The Morgan fingerprint density at radius 3 is 1.33 bits per heavy atom. The summed E-state index contributed by atoms with van der Waals surface area (Å²) in [4.78, 5) is 0. The van der Waals surface area contributed by atoms with Crippen molar-refractivity contribution in [3.05, 3.63) is 0 Å². The van der Waals surface area contributed by atoms with Crippen LogP contribution in [0.4, 0.5) is 0 Å². The van der Waals surface area contributed by atoms with Gasteiger partial charge in [0.1, 0.15) is 0 Å². The van der Waals surface area contributed by atoms with E-state index in [2.05, 4.69) is 27.7 Å². The standard InChI is InChI=1S/C7H16.C2H6/c1-5-7(4)6(2)3;1-2/h6-7H,5H2,1-4H3;1-2H3/t7-;/m0./s1. The lowest BCUT2D eigenvalue weighted by molar-refractivity contribution is 0.407. The van der Waals surface area contributed by atoms with E-state index < -0.39 is 0 Å². The van der Waals surface area contributed by atoms with Crippen molar-refractivity contribution in [3.63, 3.8) is 0 Å². The van der Waals surface area contributed by atoms with E-state index in [1.807, 2.05) is 13.8 Å². The Hall–Kier alpha value is 0. The van der Waals surface area contributed by atoms with Crippen LogP contribution < -0.4 is 0 Å². The predicted molar refractivity (Wildman–Crippen MR) is 45.6 cm³/mol. The van der Waals surface area contributed by atoms with Gasteiger partial charge in [-0.15, -0.1) is 0 Å². The molecule has 0 aromatic heterocycles. The topological polar surface area (TPSA) is 0 Å². The van der Waals surface area contributed by atoms with Gasteiger partial charge in [-0.3, -0.25) is 0 Å². The lowest BCUT2D eigenvalue weighted by Gasteiger charge is -2.10. The van der Waals surface area contributed by atoms with Crippen molar-refractivity contribution in [3.8, 4) is 0 Å². The summed E-state index contributed by atoms with van der Waals surface area (Å²) in [5.74, 6) is 1.77. The van der Waals surface area contributed by atoms with Crippen molar-refractivity contribution in [1.82, 2.24) is 0 Å². The second kappa shape index (κ2) is 8.00. The van der Waals surface area contributed by atoms with Gasteiger partial charge in [-0.1, -0.05) is 48.0 Å². The first-order valence-corrected chi connectivity index (χ1v) is 4.18. The van der Waals surface area contributed by atoms with Crippen molar-refractivity contribution in [2.45, 2.75) is 48.0 Å². The van der Waals surface area contributed by atoms with Crippen LogP contribution in [0.5, 0.6) is 0 Å². The molecule has 0 heterocycles. The highest BCUT2D eigenvalue weighted by Crippen LogP contribution is 2.11. The van der Waals surface area contributed by atoms with Crippen molar-refractivity contribution in [2.24, 2.45) is 11.8 Å². The van der Waals surface area contributed by atoms with E-state index in [0.717, 1.165) is 11.8 Å². The zero-order chi connectivity index (χ0) is 7.86. The van der Waals surface area contributed by atoms with Gasteiger partial charge < -0.3 is 0 Å². The van der Waals surface area contributed by atoms with Crippen molar-refractivity contribution >= 4 is 0 Å². The van der Waals surface area contributed by atoms with Gasteiger partial charge in [0.2, 0.25) is 0 Å². The quantitative estimate of drug-likeness (QED) is 0.534. The molecule has 0 rings (SSSR count). The molecule has 0 aromatic carbocycles. The van der Waals surface area contributed by atoms with Crippen molar-refractivity contribution in [2.75, 3.05) is 0 Å². The highest BCUT2D eigenvalue weighted by atomic mass is 14.1. The Labute approximate surface area is 60.7 Å². The first-order valence-electron chi connectivity index (χ1n) is 4.18. The van der Waals surface area contributed by atoms with E-state index in [4.69, 9.17) is 0 Å². The van der Waals surface area contributed by atoms with Gasteiger partial charge >= 0.3 is 0 Å². The van der Waals surface area contributed by atoms with E-state index in [1.54, 1.807) is 0 Å². The molecule has 0 nitrogen and oxygen atoms in total. The predicted octanol–water partition coefficient (Wildman–Crippen LogP) is 3.71. The molecule has 58 valence electrons. The van der Waals surface area contributed by atoms with Gasteiger partial charge in [0, 0.05) is 0 Å². The van der Waals surface area contributed by atoms with Crippen LogP contribution in [0.3, 0.4) is 0 Å². The minimum Gasteiger partial charge on any atom is -0.0683 e. The lowest BCUT2D eigenvalue weighted by Crippen LogP contribution is -2.00. The summed E-state index contributed by atoms with van der Waals surface area (Å²) in [7, 11) is 0. The molecule has 1 atom stereocenters. The number of hydrogen-bond donors (Lipinski definition) is 0. The maximum Gasteiger partial charge on any atom is -0.0422 e. The second-order valence-corrected chi connectivity index (χ2v) is 2.63. The molecular formula is C9H22. The van der Waals surface area contributed by atoms with E-state index in [9.17, 15) is 0 Å². The zero-order valence-electron chi connectivity index (χ0n) is 7.86. The molecule has 0 aliphatic rings. The minimum atomic E-state index is 0.866. The monoisotopic (exact) mass is 130 g/mol. The fourth-order valence-electron chi connectivity index (χ4n) is 0.471. The second-order valence-electron chi connectivity index (χ2n) is 2.63. The smallest absolute Gasteiger partial charge is 0.0422 e. The van der Waals surface area contributed by atoms with E-state index in [-0.39, 0.29) is 0 Å². The largest absolute Gasteiger partial charge is 0.0683 e. The third-order valence-electron chi connectivity index (χ3n) is 1.78. The van der Waals surface area contributed by atoms with Gasteiger partial charge in [-0.05, 0) is 11.8 Å². The molecule has 0 aromatic rings. The summed E-state index contributed by atoms with van der Waals surface area (Å²) >= 11 is 0. The molecule has 0 amide bonds. The Bertz CT molecular complexity index is 37.3. The Morgan fingerprint density at radius 1 is 1.00 bits per heavy atom. The third-order valence-corrected chi connectivity index (χ3v) is 1.78. The van der Waals surface area contributed by atoms with Gasteiger partial charge in [0.05, 0.1) is 0 Å². The van der Waals surface area contributed by atoms with Gasteiger partial charge in [-0.25, -0.2) is 0 Å². The summed E-state index contributed by atoms with van der Waals surface area (Å²) in [5, 5.41) is 0. The molecule has 9 heavy (non-hydrogen) atoms. The number of rotatable bonds is 2. The molecule has 0 N–H and O–H groups in total. The van der Waals surface area contributed by atoms with Crippen LogP contribution >= 0.6 is 0 Å². The highest BCUT2D eigenvalue weighted by Gasteiger charge is 2.01. The summed E-state index contributed by atoms with van der Waals surface area (Å²) in [6.07, 6.45) is 1.32. The van der Waals surface area contributed by atoms with Crippen LogP contribution in [0.15, 0.2) is 0 Å². The fraction of sp³-hybridized carbons (Fsp3) is 1.00. The molecular weight excluding hydrogens is 108 g/mol. The highest BCUT2D eigenvalue weighted by molar-refractivity contribution is 4.52. The molecule has 0 heteroatoms. The lowest BCUT2D eigenvalue weighted by atomic mass is 9.96. The third kappa shape index (κ3) is 8.00. The van der Waals surface area contributed by atoms with Crippen molar-refractivity contribution < 1.29 is 0 Å². The van der Waals surface area contributed by atoms with Crippen LogP contribution in [0.1, 0.15) is 48.0 Å². The van der Waals surface area contributed by atoms with Crippen LogP contribution in [-0.2, 0) is 0 Å². The number of hydrogen-bond acceptors (Lipinski definition) is 0. The maximum absolute atomic E-state index is 2.30. The fourth-order valence-corrected chi connectivity index (χ4v) is 0.471. The molecule has 0 aliphatic heterocycles. The Balaban J connectivity index is 0. The van der Waals surface area contributed by atoms with Gasteiger partial charge in [0.15, 0.2) is 0 Å². The average molecular weight is 130 g/mol. The molecule has 0 spiro atoms. The van der Waals surface area contributed by atoms with Crippen LogP contribution in [0.2, 0.25) is 0 Å². The van der Waals surface area contributed by atoms with Gasteiger partial charge in [-0.2, -0.15) is 0 Å². The van der Waals surface area contributed by atoms with E-state index in [0.29, 0.717) is 0 Å². The molecule has 0 saturated heterocycles. The normalized spacial score (nSPS) is 12.3. The van der Waals surface area contributed by atoms with E-state index in [1.165, 1.54) is 6.42 Å². The van der Waals surface area contributed by atoms with Crippen LogP contribution in [-0.4, -0.2) is 0 Å². The minimum absolute atomic E-state index is 0.866. The molecule has 0 aliphatic carbocycles. The van der Waals surface area contributed by atoms with Crippen LogP contribution in [0, 0.1) is 11.8 Å². The molecule has 0 fully saturated rings. The summed E-state index contributed by atoms with van der Waals surface area (Å²) in [6, 6.07) is 0. The molecule has 0 saturated carbocycles. The maximum atomic E-state index is 2.30. The molecule has 0 bridgehead atoms. The zero-order valence-corrected chi connectivity index (χ0v) is 7.86. The van der Waals surface area contributed by atoms with E-state index >= 15 is 0 Å². The van der Waals surface area contributed by atoms with Gasteiger partial charge in [0.25, 0.3) is 0 Å². The molecule has 0 radical (unpaired) electrons. The Kier molecular flexibility index (Phi) is 10.4. The molecule has 0 unspecified atom stereocenters. The summed E-state index contributed by atoms with van der Waals surface area (Å²) in [6.45, 7) is 13.1.